The molecule has 3 N–H and O–H groups in total. The second kappa shape index (κ2) is 10.7. The number of para-hydroxylation sites is 1. The molecule has 1 atom stereocenters. The van der Waals surface area contributed by atoms with E-state index in [0.29, 0.717) is 33.5 Å². The number of benzene rings is 2. The van der Waals surface area contributed by atoms with Crippen LogP contribution in [-0.4, -0.2) is 27.6 Å². The van der Waals surface area contributed by atoms with Crippen LogP contribution in [0.3, 0.4) is 0 Å². The van der Waals surface area contributed by atoms with Crippen LogP contribution < -0.4 is 16.0 Å². The van der Waals surface area contributed by atoms with Gasteiger partial charge in [-0.25, -0.2) is 0 Å². The van der Waals surface area contributed by atoms with Crippen molar-refractivity contribution in [3.8, 4) is 6.07 Å². The van der Waals surface area contributed by atoms with Crippen LogP contribution >= 0.6 is 23.1 Å². The van der Waals surface area contributed by atoms with Gasteiger partial charge in [0.15, 0.2) is 10.1 Å². The van der Waals surface area contributed by atoms with Crippen molar-refractivity contribution in [3.05, 3.63) is 88.4 Å². The molecule has 39 heavy (non-hydrogen) atoms. The predicted octanol–water partition coefficient (Wildman–Crippen LogP) is 5.52. The fraction of sp³-hybridized carbons (Fsp3) is 0.276. The molecule has 2 aromatic carbocycles. The van der Waals surface area contributed by atoms with Crippen molar-refractivity contribution in [2.24, 2.45) is 11.1 Å². The van der Waals surface area contributed by atoms with Crippen molar-refractivity contribution in [1.82, 2.24) is 10.2 Å². The van der Waals surface area contributed by atoms with Gasteiger partial charge in [-0.05, 0) is 36.5 Å². The highest BCUT2D eigenvalue weighted by atomic mass is 32.2. The van der Waals surface area contributed by atoms with Crippen LogP contribution in [0.1, 0.15) is 43.7 Å². The number of nitrogens with one attached hydrogen (secondary N) is 1. The quantitative estimate of drug-likeness (QED) is 0.380. The highest BCUT2D eigenvalue weighted by molar-refractivity contribution is 8.01. The maximum Gasteiger partial charge on any atom is 0.234 e. The monoisotopic (exact) mass is 556 g/mol. The molecule has 0 bridgehead atoms. The van der Waals surface area contributed by atoms with Crippen LogP contribution in [0, 0.1) is 23.7 Å². The summed E-state index contributed by atoms with van der Waals surface area (Å²) < 4.78 is 0.587. The summed E-state index contributed by atoms with van der Waals surface area (Å²) in [6.07, 6.45) is 0.978. The third-order valence-electron chi connectivity index (χ3n) is 6.76. The summed E-state index contributed by atoms with van der Waals surface area (Å²) in [7, 11) is 0. The largest absolute Gasteiger partial charge is 0.384 e. The minimum absolute atomic E-state index is 0.00812. The lowest BCUT2D eigenvalue weighted by molar-refractivity contribution is -0.118. The summed E-state index contributed by atoms with van der Waals surface area (Å²) in [6.45, 7) is 6.11. The second-order valence-electron chi connectivity index (χ2n) is 10.4. The molecule has 3 aromatic rings. The molecule has 198 valence electrons. The van der Waals surface area contributed by atoms with Gasteiger partial charge in [-0.1, -0.05) is 85.0 Å². The number of ketones is 1. The van der Waals surface area contributed by atoms with Gasteiger partial charge in [0, 0.05) is 23.4 Å². The van der Waals surface area contributed by atoms with E-state index in [0.717, 1.165) is 22.5 Å². The molecule has 0 radical (unpaired) electrons. The van der Waals surface area contributed by atoms with Gasteiger partial charge >= 0.3 is 0 Å². The number of nitrogens with two attached hydrogens (primary N) is 1. The SMILES string of the molecule is Cc1ccc(C2C(C#N)=C(N)N(c3nnc(SCC(=O)Nc4ccccc4)s3)C3=C2C(=O)CC(C)(C)C3)cc1. The molecule has 1 aliphatic heterocycles. The Balaban J connectivity index is 1.48. The molecule has 1 aromatic heterocycles. The average Bonchev–Trinajstić information content (AvgIpc) is 3.36. The Labute approximate surface area is 235 Å². The molecule has 2 heterocycles. The molecule has 8 nitrogen and oxygen atoms in total. The molecule has 0 saturated carbocycles. The Morgan fingerprint density at radius 1 is 1.18 bits per heavy atom. The molecule has 0 fully saturated rings. The van der Waals surface area contributed by atoms with Crippen molar-refractivity contribution >= 4 is 45.6 Å². The number of hydrogen-bond donors (Lipinski definition) is 2. The van der Waals surface area contributed by atoms with E-state index in [4.69, 9.17) is 5.73 Å². The zero-order valence-electron chi connectivity index (χ0n) is 21.9. The standard InChI is InChI=1S/C29H28N6O2S2/c1-17-9-11-18(12-10-17)24-20(15-30)26(31)35(21-13-29(2,3)14-22(36)25(21)24)27-33-34-28(39-27)38-16-23(37)32-19-7-5-4-6-8-19/h4-12,24H,13-14,16,31H2,1-3H3,(H,32,37). The maximum absolute atomic E-state index is 13.6. The topological polar surface area (TPSA) is 125 Å². The number of Topliss-reactive ketones (excluding diaryl/α,β-unsaturated/α-hetero) is 1. The van der Waals surface area contributed by atoms with Crippen LogP contribution in [0.15, 0.2) is 81.6 Å². The van der Waals surface area contributed by atoms with Crippen LogP contribution in [-0.2, 0) is 9.59 Å². The number of carbonyl (C=O) groups is 2. The summed E-state index contributed by atoms with van der Waals surface area (Å²) in [6, 6.07) is 19.4. The lowest BCUT2D eigenvalue weighted by Crippen LogP contribution is -2.42. The number of nitriles is 1. The predicted molar refractivity (Wildman–Crippen MR) is 154 cm³/mol. The fourth-order valence-electron chi connectivity index (χ4n) is 5.02. The Bertz CT molecular complexity index is 1530. The first-order chi connectivity index (χ1) is 18.7. The molecular formula is C29H28N6O2S2. The Morgan fingerprint density at radius 2 is 1.90 bits per heavy atom. The van der Waals surface area contributed by atoms with E-state index in [1.165, 1.54) is 23.1 Å². The molecule has 1 amide bonds. The molecule has 0 saturated heterocycles. The van der Waals surface area contributed by atoms with Crippen LogP contribution in [0.4, 0.5) is 10.8 Å². The highest BCUT2D eigenvalue weighted by Gasteiger charge is 2.45. The summed E-state index contributed by atoms with van der Waals surface area (Å²) >= 11 is 2.55. The molecule has 5 rings (SSSR count). The number of aryl methyl sites for hydroxylation is 1. The number of nitrogens with zero attached hydrogens (tertiary/aromatic N) is 4. The smallest absolute Gasteiger partial charge is 0.234 e. The van der Waals surface area contributed by atoms with Gasteiger partial charge in [-0.2, -0.15) is 5.26 Å². The molecular weight excluding hydrogens is 528 g/mol. The Morgan fingerprint density at radius 3 is 2.59 bits per heavy atom. The fourth-order valence-corrected chi connectivity index (χ4v) is 6.70. The van der Waals surface area contributed by atoms with Crippen molar-refractivity contribution in [2.45, 2.75) is 43.9 Å². The van der Waals surface area contributed by atoms with Gasteiger partial charge < -0.3 is 11.1 Å². The molecule has 10 heteroatoms. The number of allylic oxidation sites excluding steroid dienone is 3. The van der Waals surface area contributed by atoms with Crippen molar-refractivity contribution in [3.63, 3.8) is 0 Å². The normalized spacial score (nSPS) is 18.6. The maximum atomic E-state index is 13.6. The lowest BCUT2D eigenvalue weighted by atomic mass is 9.68. The summed E-state index contributed by atoms with van der Waals surface area (Å²) in [5, 5.41) is 22.2. The van der Waals surface area contributed by atoms with E-state index in [-0.39, 0.29) is 28.7 Å². The minimum atomic E-state index is -0.533. The van der Waals surface area contributed by atoms with Gasteiger partial charge in [0.05, 0.1) is 23.3 Å². The highest BCUT2D eigenvalue weighted by Crippen LogP contribution is 2.50. The van der Waals surface area contributed by atoms with Crippen molar-refractivity contribution in [1.29, 1.82) is 5.26 Å². The molecule has 2 aliphatic rings. The Hall–Kier alpha value is -3.94. The zero-order chi connectivity index (χ0) is 27.7. The van der Waals surface area contributed by atoms with Crippen LogP contribution in [0.2, 0.25) is 0 Å². The summed E-state index contributed by atoms with van der Waals surface area (Å²) in [5.74, 6) is -0.269. The number of thioether (sulfide) groups is 1. The first-order valence-electron chi connectivity index (χ1n) is 12.5. The molecule has 0 spiro atoms. The van der Waals surface area contributed by atoms with Crippen LogP contribution in [0.5, 0.6) is 0 Å². The first-order valence-corrected chi connectivity index (χ1v) is 14.3. The minimum Gasteiger partial charge on any atom is -0.384 e. The number of carbonyl (C=O) groups excluding carboxylic acids is 2. The molecule has 1 unspecified atom stereocenters. The van der Waals surface area contributed by atoms with E-state index >= 15 is 0 Å². The second-order valence-corrected chi connectivity index (χ2v) is 12.6. The number of rotatable bonds is 6. The molecule has 1 aliphatic carbocycles. The average molecular weight is 557 g/mol. The van der Waals surface area contributed by atoms with E-state index < -0.39 is 5.92 Å². The number of amides is 1. The van der Waals surface area contributed by atoms with E-state index in [1.54, 1.807) is 4.90 Å². The van der Waals surface area contributed by atoms with Gasteiger partial charge in [-0.3, -0.25) is 14.5 Å². The summed E-state index contributed by atoms with van der Waals surface area (Å²) in [5.41, 5.74) is 10.7. The number of hydrogen-bond acceptors (Lipinski definition) is 9. The van der Waals surface area contributed by atoms with Crippen LogP contribution in [0.25, 0.3) is 0 Å². The number of anilines is 2. The van der Waals surface area contributed by atoms with Gasteiger partial charge in [0.1, 0.15) is 5.82 Å². The van der Waals surface area contributed by atoms with Gasteiger partial charge in [-0.15, -0.1) is 10.2 Å². The summed E-state index contributed by atoms with van der Waals surface area (Å²) in [4.78, 5) is 27.8. The first kappa shape index (κ1) is 26.7. The number of aromatic nitrogens is 2. The zero-order valence-corrected chi connectivity index (χ0v) is 23.5. The van der Waals surface area contributed by atoms with E-state index in [9.17, 15) is 14.9 Å². The van der Waals surface area contributed by atoms with Gasteiger partial charge in [0.25, 0.3) is 0 Å². The van der Waals surface area contributed by atoms with E-state index in [1.807, 2.05) is 61.5 Å². The van der Waals surface area contributed by atoms with E-state index in [2.05, 4.69) is 35.4 Å². The third kappa shape index (κ3) is 5.46. The third-order valence-corrected chi connectivity index (χ3v) is 8.80. The van der Waals surface area contributed by atoms with Crippen molar-refractivity contribution in [2.75, 3.05) is 16.0 Å². The lowest BCUT2D eigenvalue weighted by Gasteiger charge is -2.42. The van der Waals surface area contributed by atoms with Gasteiger partial charge in [0.2, 0.25) is 11.0 Å². The Kier molecular flexibility index (Phi) is 7.30. The van der Waals surface area contributed by atoms with Crippen molar-refractivity contribution < 1.29 is 9.59 Å².